The molecule has 0 fully saturated rings. The summed E-state index contributed by atoms with van der Waals surface area (Å²) >= 11 is 0. The minimum absolute atomic E-state index is 1.16. The largest absolute Gasteiger partial charge is 0.220 e. The lowest BCUT2D eigenvalue weighted by atomic mass is 9.96. The number of aryl methyl sites for hydroxylation is 1. The van der Waals surface area contributed by atoms with E-state index in [1.807, 2.05) is 6.08 Å². The highest BCUT2D eigenvalue weighted by atomic mass is 14.9. The van der Waals surface area contributed by atoms with Crippen molar-refractivity contribution in [3.63, 3.8) is 0 Å². The van der Waals surface area contributed by atoms with Gasteiger partial charge in [0.2, 0.25) is 5.69 Å². The third kappa shape index (κ3) is 2.13. The Morgan fingerprint density at radius 2 is 1.57 bits per heavy atom. The predicted molar refractivity (Wildman–Crippen MR) is 98.2 cm³/mol. The summed E-state index contributed by atoms with van der Waals surface area (Å²) in [5.41, 5.74) is 3.60. The van der Waals surface area contributed by atoms with Gasteiger partial charge in [-0.15, -0.1) is 0 Å². The summed E-state index contributed by atoms with van der Waals surface area (Å²) in [5, 5.41) is 5.12. The van der Waals surface area contributed by atoms with Crippen LogP contribution in [0.4, 0.5) is 0 Å². The quantitative estimate of drug-likeness (QED) is 0.357. The molecule has 1 nitrogen and oxygen atoms in total. The maximum Gasteiger partial charge on any atom is 0.220 e. The molecule has 0 aliphatic heterocycles. The fourth-order valence-electron chi connectivity index (χ4n) is 3.36. The van der Waals surface area contributed by atoms with Gasteiger partial charge in [-0.2, -0.15) is 0 Å². The molecule has 0 N–H and O–H groups in total. The maximum atomic E-state index is 3.97. The fraction of sp³-hybridized carbons (Fsp3) is 0.0455. The second-order valence-corrected chi connectivity index (χ2v) is 5.81. The molecule has 0 saturated carbocycles. The summed E-state index contributed by atoms with van der Waals surface area (Å²) in [7, 11) is 2.10. The molecule has 0 bridgehead atoms. The Hall–Kier alpha value is -2.93. The molecule has 0 aliphatic rings. The number of benzene rings is 3. The molecule has 0 aliphatic carbocycles. The van der Waals surface area contributed by atoms with Crippen molar-refractivity contribution in [2.75, 3.05) is 0 Å². The second-order valence-electron chi connectivity index (χ2n) is 5.81. The van der Waals surface area contributed by atoms with Gasteiger partial charge in [0, 0.05) is 11.5 Å². The van der Waals surface area contributed by atoms with E-state index >= 15 is 0 Å². The lowest BCUT2D eigenvalue weighted by Crippen LogP contribution is -2.30. The van der Waals surface area contributed by atoms with Crippen molar-refractivity contribution >= 4 is 27.6 Å². The molecule has 3 aromatic carbocycles. The number of rotatable bonds is 2. The Morgan fingerprint density at radius 1 is 0.783 bits per heavy atom. The Kier molecular flexibility index (Phi) is 3.20. The van der Waals surface area contributed by atoms with Gasteiger partial charge >= 0.3 is 0 Å². The van der Waals surface area contributed by atoms with E-state index in [-0.39, 0.29) is 0 Å². The first kappa shape index (κ1) is 13.7. The standard InChI is InChI=1S/C22H18N/c1-3-16-8-4-7-11-19(16)22-21-13-12-17-9-5-6-10-18(17)20(21)14-15-23(22)2/h3-15H,1H2,2H3/q+1. The number of hydrogen-bond acceptors (Lipinski definition) is 0. The van der Waals surface area contributed by atoms with Gasteiger partial charge in [0.25, 0.3) is 0 Å². The number of pyridine rings is 1. The summed E-state index contributed by atoms with van der Waals surface area (Å²) in [5.74, 6) is 0. The predicted octanol–water partition coefficient (Wildman–Crippen LogP) is 5.13. The second kappa shape index (κ2) is 5.36. The summed E-state index contributed by atoms with van der Waals surface area (Å²) in [6, 6.07) is 23.6. The van der Waals surface area contributed by atoms with Gasteiger partial charge in [0.05, 0.1) is 10.9 Å². The monoisotopic (exact) mass is 296 g/mol. The average Bonchev–Trinajstić information content (AvgIpc) is 2.61. The SMILES string of the molecule is C=Cc1ccccc1-c1c2ccc3ccccc3c2cc[n+]1C. The van der Waals surface area contributed by atoms with E-state index in [0.717, 1.165) is 5.56 Å². The first-order valence-corrected chi connectivity index (χ1v) is 7.81. The van der Waals surface area contributed by atoms with Crippen LogP contribution in [0.2, 0.25) is 0 Å². The number of nitrogens with zero attached hydrogens (tertiary/aromatic N) is 1. The molecule has 1 heteroatoms. The molecule has 4 aromatic rings. The molecule has 0 spiro atoms. The normalized spacial score (nSPS) is 11.0. The van der Waals surface area contributed by atoms with Crippen LogP contribution >= 0.6 is 0 Å². The van der Waals surface area contributed by atoms with Gasteiger partial charge in [0.15, 0.2) is 6.20 Å². The zero-order valence-electron chi connectivity index (χ0n) is 13.2. The molecular weight excluding hydrogens is 278 g/mol. The van der Waals surface area contributed by atoms with Crippen LogP contribution in [0.1, 0.15) is 5.56 Å². The van der Waals surface area contributed by atoms with E-state index < -0.39 is 0 Å². The molecule has 0 saturated heterocycles. The molecule has 23 heavy (non-hydrogen) atoms. The van der Waals surface area contributed by atoms with Crippen molar-refractivity contribution in [2.24, 2.45) is 7.05 Å². The van der Waals surface area contributed by atoms with E-state index in [0.29, 0.717) is 0 Å². The number of aromatic nitrogens is 1. The minimum Gasteiger partial charge on any atom is -0.200 e. The van der Waals surface area contributed by atoms with Crippen LogP contribution in [-0.4, -0.2) is 0 Å². The van der Waals surface area contributed by atoms with Crippen molar-refractivity contribution in [3.05, 3.63) is 85.1 Å². The highest BCUT2D eigenvalue weighted by Gasteiger charge is 2.17. The topological polar surface area (TPSA) is 3.88 Å². The lowest BCUT2D eigenvalue weighted by Gasteiger charge is -2.09. The highest BCUT2D eigenvalue weighted by molar-refractivity contribution is 6.10. The number of fused-ring (bicyclic) bond motifs is 3. The zero-order valence-corrected chi connectivity index (χ0v) is 13.2. The van der Waals surface area contributed by atoms with Crippen molar-refractivity contribution in [1.29, 1.82) is 0 Å². The van der Waals surface area contributed by atoms with E-state index in [9.17, 15) is 0 Å². The Morgan fingerprint density at radius 3 is 2.43 bits per heavy atom. The molecular formula is C22H18N+. The third-order valence-electron chi connectivity index (χ3n) is 4.48. The van der Waals surface area contributed by atoms with Crippen LogP contribution < -0.4 is 4.57 Å². The Bertz CT molecular complexity index is 1040. The van der Waals surface area contributed by atoms with E-state index in [4.69, 9.17) is 0 Å². The average molecular weight is 296 g/mol. The zero-order chi connectivity index (χ0) is 15.8. The van der Waals surface area contributed by atoms with E-state index in [1.165, 1.54) is 32.8 Å². The number of hydrogen-bond donors (Lipinski definition) is 0. The third-order valence-corrected chi connectivity index (χ3v) is 4.48. The van der Waals surface area contributed by atoms with Gasteiger partial charge < -0.3 is 0 Å². The van der Waals surface area contributed by atoms with Gasteiger partial charge in [-0.05, 0) is 28.5 Å². The van der Waals surface area contributed by atoms with Crippen LogP contribution in [0.3, 0.4) is 0 Å². The first-order chi connectivity index (χ1) is 11.3. The van der Waals surface area contributed by atoms with Crippen LogP contribution in [0.5, 0.6) is 0 Å². The summed E-state index contributed by atoms with van der Waals surface area (Å²) < 4.78 is 2.19. The minimum atomic E-state index is 1.16. The molecule has 0 radical (unpaired) electrons. The van der Waals surface area contributed by atoms with Crippen molar-refractivity contribution in [3.8, 4) is 11.3 Å². The lowest BCUT2D eigenvalue weighted by molar-refractivity contribution is -0.659. The fourth-order valence-corrected chi connectivity index (χ4v) is 3.36. The van der Waals surface area contributed by atoms with Gasteiger partial charge in [0.1, 0.15) is 7.05 Å². The Labute approximate surface area is 136 Å². The van der Waals surface area contributed by atoms with Crippen LogP contribution in [0.25, 0.3) is 38.9 Å². The van der Waals surface area contributed by atoms with E-state index in [1.54, 1.807) is 0 Å². The van der Waals surface area contributed by atoms with Gasteiger partial charge in [-0.1, -0.05) is 61.2 Å². The first-order valence-electron chi connectivity index (χ1n) is 7.81. The van der Waals surface area contributed by atoms with E-state index in [2.05, 4.69) is 91.1 Å². The molecule has 1 aromatic heterocycles. The molecule has 0 unspecified atom stereocenters. The molecule has 0 amide bonds. The van der Waals surface area contributed by atoms with Crippen molar-refractivity contribution < 1.29 is 4.57 Å². The molecule has 0 atom stereocenters. The smallest absolute Gasteiger partial charge is 0.200 e. The van der Waals surface area contributed by atoms with Gasteiger partial charge in [-0.3, -0.25) is 0 Å². The summed E-state index contributed by atoms with van der Waals surface area (Å²) in [4.78, 5) is 0. The molecule has 4 rings (SSSR count). The van der Waals surface area contributed by atoms with Crippen LogP contribution in [0, 0.1) is 0 Å². The van der Waals surface area contributed by atoms with Crippen LogP contribution in [-0.2, 0) is 7.05 Å². The highest BCUT2D eigenvalue weighted by Crippen LogP contribution is 2.32. The summed E-state index contributed by atoms with van der Waals surface area (Å²) in [6.45, 7) is 3.97. The molecule has 110 valence electrons. The summed E-state index contributed by atoms with van der Waals surface area (Å²) in [6.07, 6.45) is 4.07. The Balaban J connectivity index is 2.16. The van der Waals surface area contributed by atoms with Crippen molar-refractivity contribution in [1.82, 2.24) is 0 Å². The van der Waals surface area contributed by atoms with Crippen molar-refractivity contribution in [2.45, 2.75) is 0 Å². The molecule has 1 heterocycles. The maximum absolute atomic E-state index is 3.97. The van der Waals surface area contributed by atoms with Crippen LogP contribution in [0.15, 0.2) is 79.5 Å². The van der Waals surface area contributed by atoms with Gasteiger partial charge in [-0.25, -0.2) is 4.57 Å².